The lowest BCUT2D eigenvalue weighted by Crippen LogP contribution is -2.24. The fraction of sp³-hybridized carbons (Fsp3) is 0.471. The summed E-state index contributed by atoms with van der Waals surface area (Å²) in [6.45, 7) is 4.30. The highest BCUT2D eigenvalue weighted by molar-refractivity contribution is 7.98. The molecule has 0 fully saturated rings. The summed E-state index contributed by atoms with van der Waals surface area (Å²) in [5, 5.41) is 4.77. The summed E-state index contributed by atoms with van der Waals surface area (Å²) in [5.74, 6) is 1.62. The molecule has 0 radical (unpaired) electrons. The largest absolute Gasteiger partial charge is 0.316 e. The molecule has 0 saturated heterocycles. The Kier molecular flexibility index (Phi) is 5.33. The molecule has 0 amide bonds. The predicted molar refractivity (Wildman–Crippen MR) is 92.3 cm³/mol. The van der Waals surface area contributed by atoms with Crippen LogP contribution in [0, 0.1) is 0 Å². The Bertz CT molecular complexity index is 565. The summed E-state index contributed by atoms with van der Waals surface area (Å²) < 4.78 is 0. The number of thiazole rings is 1. The molecule has 0 bridgehead atoms. The molecule has 0 aliphatic heterocycles. The molecule has 1 aliphatic carbocycles. The quantitative estimate of drug-likeness (QED) is 0.796. The Hall–Kier alpha value is -0.840. The van der Waals surface area contributed by atoms with Crippen molar-refractivity contribution >= 4 is 23.1 Å². The van der Waals surface area contributed by atoms with Crippen LogP contribution in [0.4, 0.5) is 0 Å². The van der Waals surface area contributed by atoms with Crippen molar-refractivity contribution in [2.24, 2.45) is 0 Å². The number of thioether (sulfide) groups is 1. The van der Waals surface area contributed by atoms with E-state index < -0.39 is 0 Å². The van der Waals surface area contributed by atoms with Crippen LogP contribution in [0.25, 0.3) is 0 Å². The van der Waals surface area contributed by atoms with Gasteiger partial charge in [0.15, 0.2) is 0 Å². The van der Waals surface area contributed by atoms with E-state index in [0.29, 0.717) is 5.92 Å². The van der Waals surface area contributed by atoms with E-state index in [1.165, 1.54) is 39.7 Å². The van der Waals surface area contributed by atoms with Gasteiger partial charge < -0.3 is 5.32 Å². The standard InChI is InChI=1S/C17H22N2S2/c1-2-18-11-13-7-6-10-15-17(13)19-16(21-15)12-20-14-8-4-3-5-9-14/h3-5,8-9,13,18H,2,6-7,10-12H2,1H3. The van der Waals surface area contributed by atoms with Crippen molar-refractivity contribution in [2.45, 2.75) is 42.8 Å². The molecule has 112 valence electrons. The number of fused-ring (bicyclic) bond motifs is 1. The molecule has 2 nitrogen and oxygen atoms in total. The minimum atomic E-state index is 0.625. The van der Waals surface area contributed by atoms with Gasteiger partial charge in [0, 0.05) is 22.2 Å². The van der Waals surface area contributed by atoms with E-state index in [2.05, 4.69) is 42.6 Å². The van der Waals surface area contributed by atoms with Gasteiger partial charge in [-0.1, -0.05) is 25.1 Å². The predicted octanol–water partition coefficient (Wildman–Crippen LogP) is 4.46. The van der Waals surface area contributed by atoms with E-state index in [9.17, 15) is 0 Å². The Labute approximate surface area is 135 Å². The lowest BCUT2D eigenvalue weighted by Gasteiger charge is -2.21. The van der Waals surface area contributed by atoms with Crippen molar-refractivity contribution in [1.29, 1.82) is 0 Å². The molecule has 4 heteroatoms. The molecule has 1 aromatic carbocycles. The van der Waals surface area contributed by atoms with Crippen molar-refractivity contribution in [2.75, 3.05) is 13.1 Å². The molecule has 21 heavy (non-hydrogen) atoms. The third-order valence-electron chi connectivity index (χ3n) is 3.86. The minimum Gasteiger partial charge on any atom is -0.316 e. The van der Waals surface area contributed by atoms with Crippen molar-refractivity contribution in [1.82, 2.24) is 10.3 Å². The number of hydrogen-bond acceptors (Lipinski definition) is 4. The number of benzene rings is 1. The summed E-state index contributed by atoms with van der Waals surface area (Å²) >= 11 is 3.82. The molecule has 1 heterocycles. The zero-order valence-corrected chi connectivity index (χ0v) is 14.1. The first-order chi connectivity index (χ1) is 10.4. The van der Waals surface area contributed by atoms with Crippen LogP contribution in [0.15, 0.2) is 35.2 Å². The van der Waals surface area contributed by atoms with Crippen LogP contribution in [0.5, 0.6) is 0 Å². The number of likely N-dealkylation sites (N-methyl/N-ethyl adjacent to an activating group) is 1. The average molecular weight is 319 g/mol. The second kappa shape index (κ2) is 7.43. The third kappa shape index (κ3) is 3.87. The highest BCUT2D eigenvalue weighted by Gasteiger charge is 2.24. The first kappa shape index (κ1) is 15.1. The number of hydrogen-bond donors (Lipinski definition) is 1. The number of rotatable bonds is 6. The lowest BCUT2D eigenvalue weighted by molar-refractivity contribution is 0.508. The first-order valence-electron chi connectivity index (χ1n) is 7.74. The van der Waals surface area contributed by atoms with Gasteiger partial charge in [0.05, 0.1) is 11.4 Å². The Balaban J connectivity index is 1.66. The van der Waals surface area contributed by atoms with Crippen molar-refractivity contribution in [3.63, 3.8) is 0 Å². The van der Waals surface area contributed by atoms with Crippen molar-refractivity contribution < 1.29 is 0 Å². The van der Waals surface area contributed by atoms with Gasteiger partial charge in [0.25, 0.3) is 0 Å². The molecule has 1 N–H and O–H groups in total. The van der Waals surface area contributed by atoms with E-state index in [0.717, 1.165) is 18.8 Å². The topological polar surface area (TPSA) is 24.9 Å². The Morgan fingerprint density at radius 1 is 1.33 bits per heavy atom. The average Bonchev–Trinajstić information content (AvgIpc) is 2.95. The highest BCUT2D eigenvalue weighted by Crippen LogP contribution is 2.36. The van der Waals surface area contributed by atoms with Crippen molar-refractivity contribution in [3.05, 3.63) is 45.9 Å². The number of nitrogens with one attached hydrogen (secondary N) is 1. The van der Waals surface area contributed by atoms with Gasteiger partial charge in [0.1, 0.15) is 5.01 Å². The molecule has 0 saturated carbocycles. The van der Waals surface area contributed by atoms with Gasteiger partial charge in [-0.3, -0.25) is 0 Å². The minimum absolute atomic E-state index is 0.625. The summed E-state index contributed by atoms with van der Waals surface area (Å²) in [5.41, 5.74) is 1.39. The maximum Gasteiger partial charge on any atom is 0.103 e. The molecule has 0 spiro atoms. The van der Waals surface area contributed by atoms with Gasteiger partial charge in [-0.2, -0.15) is 0 Å². The molecule has 1 aliphatic rings. The fourth-order valence-electron chi connectivity index (χ4n) is 2.80. The van der Waals surface area contributed by atoms with E-state index in [1.54, 1.807) is 0 Å². The normalized spacial score (nSPS) is 17.7. The van der Waals surface area contributed by atoms with Gasteiger partial charge in [-0.15, -0.1) is 23.1 Å². The molecule has 2 aromatic rings. The summed E-state index contributed by atoms with van der Waals surface area (Å²) in [4.78, 5) is 7.82. The number of aromatic nitrogens is 1. The van der Waals surface area contributed by atoms with Crippen LogP contribution >= 0.6 is 23.1 Å². The van der Waals surface area contributed by atoms with Gasteiger partial charge in [-0.25, -0.2) is 4.98 Å². The molecular formula is C17H22N2S2. The van der Waals surface area contributed by atoms with Crippen LogP contribution in [0.3, 0.4) is 0 Å². The second-order valence-electron chi connectivity index (χ2n) is 5.41. The maximum absolute atomic E-state index is 4.96. The monoisotopic (exact) mass is 318 g/mol. The highest BCUT2D eigenvalue weighted by atomic mass is 32.2. The lowest BCUT2D eigenvalue weighted by atomic mass is 9.91. The molecule has 1 atom stereocenters. The fourth-order valence-corrected chi connectivity index (χ4v) is 4.91. The summed E-state index contributed by atoms with van der Waals surface area (Å²) in [6, 6.07) is 10.6. The zero-order chi connectivity index (χ0) is 14.5. The van der Waals surface area contributed by atoms with Crippen LogP contribution in [-0.2, 0) is 12.2 Å². The third-order valence-corrected chi connectivity index (χ3v) is 6.20. The van der Waals surface area contributed by atoms with E-state index in [-0.39, 0.29) is 0 Å². The number of aryl methyl sites for hydroxylation is 1. The van der Waals surface area contributed by atoms with E-state index >= 15 is 0 Å². The van der Waals surface area contributed by atoms with Crippen LogP contribution < -0.4 is 5.32 Å². The smallest absolute Gasteiger partial charge is 0.103 e. The molecule has 3 rings (SSSR count). The molecular weight excluding hydrogens is 296 g/mol. The second-order valence-corrected chi connectivity index (χ2v) is 7.63. The van der Waals surface area contributed by atoms with Crippen LogP contribution in [0.2, 0.25) is 0 Å². The zero-order valence-electron chi connectivity index (χ0n) is 12.5. The Morgan fingerprint density at radius 3 is 3.00 bits per heavy atom. The van der Waals surface area contributed by atoms with E-state index in [1.807, 2.05) is 23.1 Å². The van der Waals surface area contributed by atoms with Gasteiger partial charge >= 0.3 is 0 Å². The van der Waals surface area contributed by atoms with Crippen LogP contribution in [0.1, 0.15) is 41.3 Å². The van der Waals surface area contributed by atoms with E-state index in [4.69, 9.17) is 4.98 Å². The van der Waals surface area contributed by atoms with Gasteiger partial charge in [-0.05, 0) is 37.9 Å². The Morgan fingerprint density at radius 2 is 2.19 bits per heavy atom. The number of nitrogens with zero attached hydrogens (tertiary/aromatic N) is 1. The molecule has 1 aromatic heterocycles. The molecule has 1 unspecified atom stereocenters. The van der Waals surface area contributed by atoms with Gasteiger partial charge in [0.2, 0.25) is 0 Å². The maximum atomic E-state index is 4.96. The SMILES string of the molecule is CCNCC1CCCc2sc(CSc3ccccc3)nc21. The summed E-state index contributed by atoms with van der Waals surface area (Å²) in [6.07, 6.45) is 3.83. The summed E-state index contributed by atoms with van der Waals surface area (Å²) in [7, 11) is 0. The first-order valence-corrected chi connectivity index (χ1v) is 9.54. The van der Waals surface area contributed by atoms with Crippen molar-refractivity contribution in [3.8, 4) is 0 Å². The van der Waals surface area contributed by atoms with Crippen LogP contribution in [-0.4, -0.2) is 18.1 Å².